The molecule has 0 saturated carbocycles. The first-order valence-electron chi connectivity index (χ1n) is 6.49. The van der Waals surface area contributed by atoms with Gasteiger partial charge in [0.25, 0.3) is 0 Å². The van der Waals surface area contributed by atoms with Crippen LogP contribution < -0.4 is 16.0 Å². The standard InChI is InChI=1S/C14H19N3O2/c1-3-9(8-15)14(19)17-12-5-4-11(16-2)6-10(12)7-13(17)18/h4-6,9,16H,3,7-8,15H2,1-2H3. The lowest BCUT2D eigenvalue weighted by atomic mass is 10.1. The number of nitrogens with two attached hydrogens (primary N) is 1. The van der Waals surface area contributed by atoms with Crippen molar-refractivity contribution in [2.75, 3.05) is 23.8 Å². The highest BCUT2D eigenvalue weighted by molar-refractivity contribution is 6.19. The van der Waals surface area contributed by atoms with Crippen molar-refractivity contribution in [1.82, 2.24) is 0 Å². The number of carbonyl (C=O) groups excluding carboxylic acids is 2. The highest BCUT2D eigenvalue weighted by atomic mass is 16.2. The van der Waals surface area contributed by atoms with E-state index in [1.807, 2.05) is 32.2 Å². The van der Waals surface area contributed by atoms with Gasteiger partial charge in [-0.2, -0.15) is 0 Å². The summed E-state index contributed by atoms with van der Waals surface area (Å²) in [5.74, 6) is -0.648. The van der Waals surface area contributed by atoms with E-state index in [1.54, 1.807) is 0 Å². The van der Waals surface area contributed by atoms with Gasteiger partial charge in [0.15, 0.2) is 0 Å². The molecule has 1 unspecified atom stereocenters. The largest absolute Gasteiger partial charge is 0.388 e. The van der Waals surface area contributed by atoms with E-state index < -0.39 is 0 Å². The minimum atomic E-state index is -0.293. The Morgan fingerprint density at radius 3 is 2.84 bits per heavy atom. The zero-order chi connectivity index (χ0) is 14.0. The van der Waals surface area contributed by atoms with Gasteiger partial charge in [0.1, 0.15) is 0 Å². The maximum Gasteiger partial charge on any atom is 0.238 e. The monoisotopic (exact) mass is 261 g/mol. The molecule has 0 spiro atoms. The van der Waals surface area contributed by atoms with Gasteiger partial charge in [0.05, 0.1) is 18.0 Å². The van der Waals surface area contributed by atoms with Crippen LogP contribution in [0.25, 0.3) is 0 Å². The third-order valence-electron chi connectivity index (χ3n) is 3.55. The lowest BCUT2D eigenvalue weighted by Gasteiger charge is -2.20. The van der Waals surface area contributed by atoms with Crippen LogP contribution >= 0.6 is 0 Å². The molecule has 2 rings (SSSR count). The maximum absolute atomic E-state index is 12.3. The third kappa shape index (κ3) is 2.33. The number of nitrogens with one attached hydrogen (secondary N) is 1. The average molecular weight is 261 g/mol. The minimum absolute atomic E-state index is 0.167. The van der Waals surface area contributed by atoms with Gasteiger partial charge in [-0.15, -0.1) is 0 Å². The van der Waals surface area contributed by atoms with E-state index in [-0.39, 0.29) is 30.7 Å². The normalized spacial score (nSPS) is 15.3. The molecule has 0 radical (unpaired) electrons. The van der Waals surface area contributed by atoms with Crippen LogP contribution in [0.5, 0.6) is 0 Å². The fourth-order valence-corrected chi connectivity index (χ4v) is 2.34. The molecule has 0 saturated heterocycles. The number of carbonyl (C=O) groups is 2. The van der Waals surface area contributed by atoms with Crippen molar-refractivity contribution >= 4 is 23.2 Å². The molecule has 102 valence electrons. The quantitative estimate of drug-likeness (QED) is 0.852. The Bertz CT molecular complexity index is 509. The van der Waals surface area contributed by atoms with Crippen LogP contribution in [0.15, 0.2) is 18.2 Å². The summed E-state index contributed by atoms with van der Waals surface area (Å²) in [6.45, 7) is 2.17. The van der Waals surface area contributed by atoms with Crippen LogP contribution in [0.2, 0.25) is 0 Å². The first-order valence-corrected chi connectivity index (χ1v) is 6.49. The summed E-state index contributed by atoms with van der Waals surface area (Å²) >= 11 is 0. The predicted molar refractivity (Wildman–Crippen MR) is 75.0 cm³/mol. The molecule has 1 atom stereocenters. The molecule has 19 heavy (non-hydrogen) atoms. The first kappa shape index (κ1) is 13.5. The van der Waals surface area contributed by atoms with Crippen molar-refractivity contribution in [3.63, 3.8) is 0 Å². The second-order valence-electron chi connectivity index (χ2n) is 4.68. The van der Waals surface area contributed by atoms with E-state index in [2.05, 4.69) is 5.32 Å². The Hall–Kier alpha value is -1.88. The van der Waals surface area contributed by atoms with Crippen molar-refractivity contribution in [2.24, 2.45) is 11.7 Å². The minimum Gasteiger partial charge on any atom is -0.388 e. The van der Waals surface area contributed by atoms with E-state index in [0.29, 0.717) is 12.1 Å². The lowest BCUT2D eigenvalue weighted by Crippen LogP contribution is -2.40. The van der Waals surface area contributed by atoms with Crippen molar-refractivity contribution in [3.8, 4) is 0 Å². The topological polar surface area (TPSA) is 75.4 Å². The van der Waals surface area contributed by atoms with Gasteiger partial charge >= 0.3 is 0 Å². The number of imide groups is 1. The summed E-state index contributed by atoms with van der Waals surface area (Å²) in [6, 6.07) is 5.58. The molecule has 0 bridgehead atoms. The molecule has 5 heteroatoms. The van der Waals surface area contributed by atoms with E-state index in [4.69, 9.17) is 5.73 Å². The van der Waals surface area contributed by atoms with Gasteiger partial charge in [-0.25, -0.2) is 4.90 Å². The summed E-state index contributed by atoms with van der Waals surface area (Å²) in [7, 11) is 1.82. The number of hydrogen-bond donors (Lipinski definition) is 2. The van der Waals surface area contributed by atoms with Crippen molar-refractivity contribution in [2.45, 2.75) is 19.8 Å². The van der Waals surface area contributed by atoms with E-state index in [1.165, 1.54) is 4.90 Å². The summed E-state index contributed by atoms with van der Waals surface area (Å²) in [5.41, 5.74) is 8.11. The van der Waals surface area contributed by atoms with Crippen LogP contribution in [-0.2, 0) is 16.0 Å². The molecular weight excluding hydrogens is 242 g/mol. The fraction of sp³-hybridized carbons (Fsp3) is 0.429. The molecule has 0 fully saturated rings. The van der Waals surface area contributed by atoms with Crippen LogP contribution in [0.1, 0.15) is 18.9 Å². The Kier molecular flexibility index (Phi) is 3.85. The smallest absolute Gasteiger partial charge is 0.238 e. The SMILES string of the molecule is CCC(CN)C(=O)N1C(=O)Cc2cc(NC)ccc21. The van der Waals surface area contributed by atoms with Crippen LogP contribution in [0.4, 0.5) is 11.4 Å². The number of amides is 2. The summed E-state index contributed by atoms with van der Waals surface area (Å²) in [5, 5.41) is 3.03. The molecule has 0 aromatic heterocycles. The van der Waals surface area contributed by atoms with Crippen molar-refractivity contribution in [3.05, 3.63) is 23.8 Å². The number of hydrogen-bond acceptors (Lipinski definition) is 4. The highest BCUT2D eigenvalue weighted by Gasteiger charge is 2.35. The Morgan fingerprint density at radius 1 is 1.53 bits per heavy atom. The molecule has 0 aliphatic carbocycles. The van der Waals surface area contributed by atoms with Crippen molar-refractivity contribution in [1.29, 1.82) is 0 Å². The molecule has 1 heterocycles. The fourth-order valence-electron chi connectivity index (χ4n) is 2.34. The van der Waals surface area contributed by atoms with Gasteiger partial charge < -0.3 is 11.1 Å². The summed E-state index contributed by atoms with van der Waals surface area (Å²) in [4.78, 5) is 25.7. The highest BCUT2D eigenvalue weighted by Crippen LogP contribution is 2.32. The van der Waals surface area contributed by atoms with Gasteiger partial charge in [-0.05, 0) is 30.2 Å². The van der Waals surface area contributed by atoms with Crippen LogP contribution in [-0.4, -0.2) is 25.4 Å². The molecule has 2 amide bonds. The second kappa shape index (κ2) is 5.40. The Balaban J connectivity index is 2.35. The number of benzene rings is 1. The molecule has 3 N–H and O–H groups in total. The molecule has 1 aromatic rings. The number of nitrogens with zero attached hydrogens (tertiary/aromatic N) is 1. The Labute approximate surface area is 112 Å². The van der Waals surface area contributed by atoms with E-state index >= 15 is 0 Å². The molecule has 1 aromatic carbocycles. The number of anilines is 2. The van der Waals surface area contributed by atoms with Crippen molar-refractivity contribution < 1.29 is 9.59 Å². The average Bonchev–Trinajstić information content (AvgIpc) is 2.74. The van der Waals surface area contributed by atoms with Gasteiger partial charge in [0.2, 0.25) is 11.8 Å². The maximum atomic E-state index is 12.3. The predicted octanol–water partition coefficient (Wildman–Crippen LogP) is 1.13. The zero-order valence-corrected chi connectivity index (χ0v) is 11.3. The lowest BCUT2D eigenvalue weighted by molar-refractivity contribution is -0.127. The summed E-state index contributed by atoms with van der Waals surface area (Å²) < 4.78 is 0. The molecule has 1 aliphatic heterocycles. The number of fused-ring (bicyclic) bond motifs is 1. The Morgan fingerprint density at radius 2 is 2.26 bits per heavy atom. The van der Waals surface area contributed by atoms with Gasteiger partial charge in [-0.3, -0.25) is 9.59 Å². The third-order valence-corrected chi connectivity index (χ3v) is 3.55. The van der Waals surface area contributed by atoms with E-state index in [9.17, 15) is 9.59 Å². The molecule has 5 nitrogen and oxygen atoms in total. The molecule has 1 aliphatic rings. The van der Waals surface area contributed by atoms with Crippen LogP contribution in [0, 0.1) is 5.92 Å². The van der Waals surface area contributed by atoms with Crippen LogP contribution in [0.3, 0.4) is 0 Å². The summed E-state index contributed by atoms with van der Waals surface area (Å²) in [6.07, 6.45) is 0.917. The van der Waals surface area contributed by atoms with Gasteiger partial charge in [0, 0.05) is 19.3 Å². The molecular formula is C14H19N3O2. The zero-order valence-electron chi connectivity index (χ0n) is 11.3. The van der Waals surface area contributed by atoms with E-state index in [0.717, 1.165) is 11.3 Å². The van der Waals surface area contributed by atoms with Gasteiger partial charge in [-0.1, -0.05) is 6.92 Å². The number of rotatable bonds is 4. The first-order chi connectivity index (χ1) is 9.12. The second-order valence-corrected chi connectivity index (χ2v) is 4.68.